The predicted molar refractivity (Wildman–Crippen MR) is 185 cm³/mol. The molecule has 2 unspecified atom stereocenters. The van der Waals surface area contributed by atoms with Crippen LogP contribution in [0, 0.1) is 36.5 Å². The van der Waals surface area contributed by atoms with Crippen molar-refractivity contribution in [1.29, 1.82) is 0 Å². The molecule has 0 saturated carbocycles. The third-order valence-corrected chi connectivity index (χ3v) is 9.84. The van der Waals surface area contributed by atoms with Gasteiger partial charge in [0, 0.05) is 68.6 Å². The standard InChI is InChI=1S/C37H62N4O5/c1-23(2)28(18-27-10-11-30-26(7)22-41(33(30)19-27)14-9-15-44-8)20-32(38)34(46-37(43)35(39)25(5)6)21-31(24(3)4)36(42)40-29-12-16-45-17-13-29/h10-11,19,22-25,28-29,31-32,34-35H,9,12-18,20-21,38-39H2,1-8H3,(H,40,42)/t28?,31-,32-,34-,35?/m0/s1. The van der Waals surface area contributed by atoms with Crippen molar-refractivity contribution in [3.63, 3.8) is 0 Å². The first-order chi connectivity index (χ1) is 21.8. The highest BCUT2D eigenvalue weighted by atomic mass is 16.5. The summed E-state index contributed by atoms with van der Waals surface area (Å²) in [4.78, 5) is 26.7. The summed E-state index contributed by atoms with van der Waals surface area (Å²) in [7, 11) is 1.74. The Morgan fingerprint density at radius 2 is 1.72 bits per heavy atom. The Balaban J connectivity index is 1.81. The molecule has 0 spiro atoms. The van der Waals surface area contributed by atoms with Gasteiger partial charge in [-0.25, -0.2) is 0 Å². The van der Waals surface area contributed by atoms with Crippen molar-refractivity contribution < 1.29 is 23.8 Å². The molecule has 0 radical (unpaired) electrons. The summed E-state index contributed by atoms with van der Waals surface area (Å²) in [5, 5.41) is 4.50. The highest BCUT2D eigenvalue weighted by Gasteiger charge is 2.35. The van der Waals surface area contributed by atoms with Crippen LogP contribution < -0.4 is 16.8 Å². The first-order valence-electron chi connectivity index (χ1n) is 17.5. The Hall–Kier alpha value is -2.46. The minimum Gasteiger partial charge on any atom is -0.460 e. The number of nitrogens with one attached hydrogen (secondary N) is 1. The number of amides is 1. The van der Waals surface area contributed by atoms with Gasteiger partial charge in [-0.1, -0.05) is 53.7 Å². The number of fused-ring (bicyclic) bond motifs is 1. The van der Waals surface area contributed by atoms with Crippen LogP contribution in [0.1, 0.15) is 84.8 Å². The molecule has 1 saturated heterocycles. The number of esters is 1. The lowest BCUT2D eigenvalue weighted by Gasteiger charge is -2.34. The van der Waals surface area contributed by atoms with Gasteiger partial charge in [-0.3, -0.25) is 9.59 Å². The molecule has 1 aromatic heterocycles. The average Bonchev–Trinajstić information content (AvgIpc) is 3.32. The molecule has 1 aliphatic rings. The zero-order valence-corrected chi connectivity index (χ0v) is 29.7. The summed E-state index contributed by atoms with van der Waals surface area (Å²) in [6, 6.07) is 5.66. The number of hydrogen-bond donors (Lipinski definition) is 3. The number of aromatic nitrogens is 1. The number of nitrogens with two attached hydrogens (primary N) is 2. The summed E-state index contributed by atoms with van der Waals surface area (Å²) >= 11 is 0. The van der Waals surface area contributed by atoms with Gasteiger partial charge in [-0.2, -0.15) is 0 Å². The van der Waals surface area contributed by atoms with Crippen molar-refractivity contribution in [3.05, 3.63) is 35.5 Å². The fourth-order valence-electron chi connectivity index (χ4n) is 6.50. The molecule has 5 atom stereocenters. The number of ether oxygens (including phenoxy) is 3. The molecule has 3 rings (SSSR count). The van der Waals surface area contributed by atoms with E-state index in [1.807, 2.05) is 27.7 Å². The zero-order valence-electron chi connectivity index (χ0n) is 29.7. The number of methoxy groups -OCH3 is 1. The molecule has 2 aromatic rings. The Kier molecular flexibility index (Phi) is 15.0. The number of hydrogen-bond acceptors (Lipinski definition) is 7. The van der Waals surface area contributed by atoms with Gasteiger partial charge in [-0.05, 0) is 86.3 Å². The van der Waals surface area contributed by atoms with Gasteiger partial charge < -0.3 is 35.6 Å². The number of benzene rings is 1. The second-order valence-corrected chi connectivity index (χ2v) is 14.5. The van der Waals surface area contributed by atoms with Gasteiger partial charge >= 0.3 is 5.97 Å². The second-order valence-electron chi connectivity index (χ2n) is 14.5. The van der Waals surface area contributed by atoms with Crippen molar-refractivity contribution >= 4 is 22.8 Å². The normalized spacial score (nSPS) is 17.8. The summed E-state index contributed by atoms with van der Waals surface area (Å²) in [6.45, 7) is 17.4. The van der Waals surface area contributed by atoms with Crippen LogP contribution in [0.5, 0.6) is 0 Å². The number of carbonyl (C=O) groups excluding carboxylic acids is 2. The molecule has 9 heteroatoms. The maximum atomic E-state index is 13.6. The molecule has 2 heterocycles. The first-order valence-corrected chi connectivity index (χ1v) is 17.5. The van der Waals surface area contributed by atoms with E-state index in [0.29, 0.717) is 32.0 Å². The molecule has 260 valence electrons. The third-order valence-electron chi connectivity index (χ3n) is 9.84. The molecule has 1 aliphatic heterocycles. The molecule has 0 bridgehead atoms. The summed E-state index contributed by atoms with van der Waals surface area (Å²) in [5.74, 6) is -0.251. The summed E-state index contributed by atoms with van der Waals surface area (Å²) < 4.78 is 19.2. The van der Waals surface area contributed by atoms with Crippen LogP contribution >= 0.6 is 0 Å². The van der Waals surface area contributed by atoms with Crippen molar-refractivity contribution in [2.24, 2.45) is 41.1 Å². The monoisotopic (exact) mass is 642 g/mol. The van der Waals surface area contributed by atoms with E-state index >= 15 is 0 Å². The SMILES string of the molecule is COCCCn1cc(C)c2ccc(CC(C[C@H](N)[C@H](C[C@H](C(=O)NC3CCOCC3)C(C)C)OC(=O)C(N)C(C)C)C(C)C)cc21. The fraction of sp³-hybridized carbons (Fsp3) is 0.730. The highest BCUT2D eigenvalue weighted by Crippen LogP contribution is 2.30. The lowest BCUT2D eigenvalue weighted by molar-refractivity contribution is -0.155. The van der Waals surface area contributed by atoms with E-state index in [1.54, 1.807) is 7.11 Å². The summed E-state index contributed by atoms with van der Waals surface area (Å²) in [5.41, 5.74) is 17.0. The van der Waals surface area contributed by atoms with Crippen molar-refractivity contribution in [3.8, 4) is 0 Å². The third kappa shape index (κ3) is 10.8. The maximum absolute atomic E-state index is 13.6. The van der Waals surface area contributed by atoms with Crippen molar-refractivity contribution in [2.75, 3.05) is 26.9 Å². The molecule has 46 heavy (non-hydrogen) atoms. The Bertz CT molecular complexity index is 1240. The smallest absolute Gasteiger partial charge is 0.323 e. The zero-order chi connectivity index (χ0) is 34.0. The first kappa shape index (κ1) is 38.0. The largest absolute Gasteiger partial charge is 0.460 e. The van der Waals surface area contributed by atoms with Crippen LogP contribution in [0.15, 0.2) is 24.4 Å². The van der Waals surface area contributed by atoms with E-state index < -0.39 is 24.2 Å². The Morgan fingerprint density at radius 3 is 2.33 bits per heavy atom. The average molecular weight is 643 g/mol. The minimum atomic E-state index is -0.750. The molecule has 9 nitrogen and oxygen atoms in total. The molecular weight excluding hydrogens is 580 g/mol. The molecule has 1 aromatic carbocycles. The second kappa shape index (κ2) is 18.2. The van der Waals surface area contributed by atoms with E-state index in [0.717, 1.165) is 38.8 Å². The van der Waals surface area contributed by atoms with Gasteiger partial charge in [0.2, 0.25) is 5.91 Å². The van der Waals surface area contributed by atoms with Crippen LogP contribution in [0.25, 0.3) is 10.9 Å². The van der Waals surface area contributed by atoms with Crippen LogP contribution in [0.2, 0.25) is 0 Å². The van der Waals surface area contributed by atoms with Crippen LogP contribution in [0.3, 0.4) is 0 Å². The number of aryl methyl sites for hydroxylation is 2. The van der Waals surface area contributed by atoms with Crippen molar-refractivity contribution in [1.82, 2.24) is 9.88 Å². The predicted octanol–water partition coefficient (Wildman–Crippen LogP) is 5.37. The molecular formula is C37H62N4O5. The Labute approximate surface area is 277 Å². The highest BCUT2D eigenvalue weighted by molar-refractivity contribution is 5.84. The number of rotatable bonds is 18. The quantitative estimate of drug-likeness (QED) is 0.147. The summed E-state index contributed by atoms with van der Waals surface area (Å²) in [6.07, 6.45) is 6.03. The van der Waals surface area contributed by atoms with E-state index in [-0.39, 0.29) is 35.6 Å². The van der Waals surface area contributed by atoms with Crippen molar-refractivity contribution in [2.45, 2.75) is 118 Å². The van der Waals surface area contributed by atoms with Crippen LogP contribution in [0.4, 0.5) is 0 Å². The fourth-order valence-corrected chi connectivity index (χ4v) is 6.50. The van der Waals surface area contributed by atoms with Crippen LogP contribution in [-0.2, 0) is 36.8 Å². The lowest BCUT2D eigenvalue weighted by Crippen LogP contribution is -2.49. The van der Waals surface area contributed by atoms with Gasteiger partial charge in [0.1, 0.15) is 12.1 Å². The van der Waals surface area contributed by atoms with Gasteiger partial charge in [0.05, 0.1) is 0 Å². The van der Waals surface area contributed by atoms with E-state index in [1.165, 1.54) is 22.0 Å². The van der Waals surface area contributed by atoms with Gasteiger partial charge in [0.25, 0.3) is 0 Å². The lowest BCUT2D eigenvalue weighted by atomic mass is 9.80. The minimum absolute atomic E-state index is 0.0131. The molecule has 1 amide bonds. The van der Waals surface area contributed by atoms with E-state index in [9.17, 15) is 9.59 Å². The molecule has 5 N–H and O–H groups in total. The maximum Gasteiger partial charge on any atom is 0.323 e. The van der Waals surface area contributed by atoms with Gasteiger partial charge in [-0.15, -0.1) is 0 Å². The van der Waals surface area contributed by atoms with Gasteiger partial charge in [0.15, 0.2) is 0 Å². The van der Waals surface area contributed by atoms with Crippen LogP contribution in [-0.4, -0.2) is 67.6 Å². The number of carbonyl (C=O) groups is 2. The van der Waals surface area contributed by atoms with E-state index in [4.69, 9.17) is 25.7 Å². The topological polar surface area (TPSA) is 131 Å². The number of nitrogens with zero attached hydrogens (tertiary/aromatic N) is 1. The molecule has 0 aliphatic carbocycles. The van der Waals surface area contributed by atoms with E-state index in [2.05, 4.69) is 55.1 Å². The molecule has 1 fully saturated rings. The Morgan fingerprint density at radius 1 is 1.02 bits per heavy atom.